The van der Waals surface area contributed by atoms with Crippen LogP contribution in [0.25, 0.3) is 0 Å². The molecule has 39 heavy (non-hydrogen) atoms. The predicted molar refractivity (Wildman–Crippen MR) is 148 cm³/mol. The monoisotopic (exact) mass is 540 g/mol. The zero-order valence-corrected chi connectivity index (χ0v) is 22.5. The number of nitrogens with zero attached hydrogens (tertiary/aromatic N) is 5. The minimum Gasteiger partial charge on any atom is -0.363 e. The molecule has 0 fully saturated rings. The van der Waals surface area contributed by atoms with Crippen molar-refractivity contribution in [3.05, 3.63) is 119 Å². The van der Waals surface area contributed by atoms with Gasteiger partial charge in [-0.2, -0.15) is 9.57 Å². The second-order valence-electron chi connectivity index (χ2n) is 9.03. The number of carbonyl (C=O) groups excluding carboxylic acids is 1. The van der Waals surface area contributed by atoms with Crippen LogP contribution >= 0.6 is 0 Å². The van der Waals surface area contributed by atoms with E-state index in [4.69, 9.17) is 5.26 Å². The highest BCUT2D eigenvalue weighted by Gasteiger charge is 2.25. The van der Waals surface area contributed by atoms with Crippen LogP contribution in [0, 0.1) is 11.3 Å². The molecule has 0 aliphatic rings. The smallest absolute Gasteiger partial charge is 0.251 e. The first-order chi connectivity index (χ1) is 18.8. The van der Waals surface area contributed by atoms with Crippen molar-refractivity contribution in [2.45, 2.75) is 24.5 Å². The summed E-state index contributed by atoms with van der Waals surface area (Å²) in [6, 6.07) is 23.8. The van der Waals surface area contributed by atoms with E-state index < -0.39 is 10.0 Å². The molecule has 2 heterocycles. The third kappa shape index (κ3) is 7.04. The first-order valence-electron chi connectivity index (χ1n) is 12.2. The molecule has 0 aliphatic carbocycles. The average molecular weight is 541 g/mol. The molecule has 0 atom stereocenters. The second-order valence-corrected chi connectivity index (χ2v) is 11.0. The number of amides is 1. The Bertz CT molecular complexity index is 1550. The van der Waals surface area contributed by atoms with E-state index in [0.717, 1.165) is 11.4 Å². The summed E-state index contributed by atoms with van der Waals surface area (Å²) in [7, 11) is -0.0802. The Morgan fingerprint density at radius 3 is 2.21 bits per heavy atom. The van der Waals surface area contributed by atoms with E-state index in [2.05, 4.69) is 15.3 Å². The van der Waals surface area contributed by atoms with Crippen molar-refractivity contribution in [3.63, 3.8) is 0 Å². The molecule has 0 aliphatic heterocycles. The van der Waals surface area contributed by atoms with Gasteiger partial charge in [0.1, 0.15) is 5.82 Å². The molecule has 0 unspecified atom stereocenters. The van der Waals surface area contributed by atoms with Gasteiger partial charge in [0.2, 0.25) is 10.0 Å². The van der Waals surface area contributed by atoms with Crippen molar-refractivity contribution in [3.8, 4) is 6.07 Å². The van der Waals surface area contributed by atoms with Crippen LogP contribution in [-0.2, 0) is 29.7 Å². The Morgan fingerprint density at radius 1 is 0.897 bits per heavy atom. The van der Waals surface area contributed by atoms with E-state index in [1.807, 2.05) is 37.2 Å². The van der Waals surface area contributed by atoms with E-state index in [1.54, 1.807) is 54.9 Å². The van der Waals surface area contributed by atoms with Crippen molar-refractivity contribution in [2.24, 2.45) is 0 Å². The highest BCUT2D eigenvalue weighted by atomic mass is 32.2. The summed E-state index contributed by atoms with van der Waals surface area (Å²) in [5, 5.41) is 11.9. The summed E-state index contributed by atoms with van der Waals surface area (Å²) in [5.74, 6) is 0.590. The number of sulfonamides is 1. The third-order valence-electron chi connectivity index (χ3n) is 5.98. The van der Waals surface area contributed by atoms with E-state index in [-0.39, 0.29) is 23.9 Å². The molecular weight excluding hydrogens is 512 g/mol. The molecule has 1 N–H and O–H groups in total. The van der Waals surface area contributed by atoms with Crippen LogP contribution in [0.5, 0.6) is 0 Å². The number of nitriles is 1. The third-order valence-corrected chi connectivity index (χ3v) is 7.79. The first-order valence-corrected chi connectivity index (χ1v) is 13.6. The predicted octanol–water partition coefficient (Wildman–Crippen LogP) is 3.74. The van der Waals surface area contributed by atoms with Crippen LogP contribution in [-0.4, -0.2) is 42.7 Å². The van der Waals surface area contributed by atoms with Crippen molar-refractivity contribution in [1.29, 1.82) is 5.26 Å². The molecule has 0 saturated heterocycles. The van der Waals surface area contributed by atoms with E-state index >= 15 is 0 Å². The van der Waals surface area contributed by atoms with Gasteiger partial charge in [-0.25, -0.2) is 13.4 Å². The SMILES string of the molecule is CN(C)c1ccc(CNC(=O)c2ccc(CN(Cc3ccccn3)S(=O)(=O)c3ccc(C#N)cc3)cc2)cn1. The number of pyridine rings is 2. The number of hydrogen-bond donors (Lipinski definition) is 1. The molecule has 1 amide bonds. The molecule has 4 aromatic rings. The summed E-state index contributed by atoms with van der Waals surface area (Å²) in [6.45, 7) is 0.471. The van der Waals surface area contributed by atoms with E-state index in [9.17, 15) is 13.2 Å². The first kappa shape index (κ1) is 27.4. The number of aromatic nitrogens is 2. The van der Waals surface area contributed by atoms with Gasteiger partial charge in [-0.1, -0.05) is 24.3 Å². The Kier molecular flexibility index (Phi) is 8.66. The normalized spacial score (nSPS) is 11.1. The van der Waals surface area contributed by atoms with Gasteiger partial charge in [0.25, 0.3) is 5.91 Å². The standard InChI is InChI=1S/C29H28N6O3S/c1-34(2)28-15-10-24(18-32-28)19-33-29(36)25-11-6-23(7-12-25)20-35(21-26-5-3-4-16-31-26)39(37,38)27-13-8-22(17-30)9-14-27/h3-16,18H,19-21H2,1-2H3,(H,33,36). The molecule has 2 aromatic heterocycles. The number of carbonyl (C=O) groups is 1. The zero-order valence-electron chi connectivity index (χ0n) is 21.7. The zero-order chi connectivity index (χ0) is 27.8. The van der Waals surface area contributed by atoms with Crippen LogP contribution in [0.2, 0.25) is 0 Å². The fraction of sp³-hybridized carbons (Fsp3) is 0.172. The molecule has 0 bridgehead atoms. The number of benzene rings is 2. The fourth-order valence-corrected chi connectivity index (χ4v) is 5.18. The molecule has 2 aromatic carbocycles. The molecular formula is C29H28N6O3S. The molecule has 198 valence electrons. The quantitative estimate of drug-likeness (QED) is 0.325. The summed E-state index contributed by atoms with van der Waals surface area (Å²) < 4.78 is 28.4. The van der Waals surface area contributed by atoms with Crippen LogP contribution in [0.1, 0.15) is 32.7 Å². The molecule has 4 rings (SSSR count). The lowest BCUT2D eigenvalue weighted by molar-refractivity contribution is 0.0951. The van der Waals surface area contributed by atoms with Gasteiger partial charge in [-0.15, -0.1) is 0 Å². The lowest BCUT2D eigenvalue weighted by atomic mass is 10.1. The van der Waals surface area contributed by atoms with Gasteiger partial charge < -0.3 is 10.2 Å². The molecule has 0 radical (unpaired) electrons. The van der Waals surface area contributed by atoms with E-state index in [1.165, 1.54) is 28.6 Å². The van der Waals surface area contributed by atoms with Gasteiger partial charge in [0.05, 0.1) is 28.8 Å². The molecule has 0 spiro atoms. The van der Waals surface area contributed by atoms with Crippen molar-refractivity contribution >= 4 is 21.7 Å². The van der Waals surface area contributed by atoms with E-state index in [0.29, 0.717) is 28.9 Å². The van der Waals surface area contributed by atoms with Gasteiger partial charge in [0, 0.05) is 45.1 Å². The minimum atomic E-state index is -3.90. The summed E-state index contributed by atoms with van der Waals surface area (Å²) in [5.41, 5.74) is 3.02. The van der Waals surface area contributed by atoms with Gasteiger partial charge >= 0.3 is 0 Å². The lowest BCUT2D eigenvalue weighted by Gasteiger charge is -2.22. The molecule has 0 saturated carbocycles. The Morgan fingerprint density at radius 2 is 1.62 bits per heavy atom. The van der Waals surface area contributed by atoms with Crippen LogP contribution in [0.3, 0.4) is 0 Å². The van der Waals surface area contributed by atoms with Crippen LogP contribution in [0.15, 0.2) is 96.2 Å². The molecule has 9 nitrogen and oxygen atoms in total. The van der Waals surface area contributed by atoms with Gasteiger partial charge in [-0.05, 0) is 65.7 Å². The second kappa shape index (κ2) is 12.3. The van der Waals surface area contributed by atoms with Gasteiger partial charge in [-0.3, -0.25) is 9.78 Å². The Balaban J connectivity index is 1.48. The summed E-state index contributed by atoms with van der Waals surface area (Å²) >= 11 is 0. The molecule has 10 heteroatoms. The Hall–Kier alpha value is -4.59. The minimum absolute atomic E-state index is 0.0616. The topological polar surface area (TPSA) is 119 Å². The Labute approximate surface area is 228 Å². The van der Waals surface area contributed by atoms with Crippen LogP contribution in [0.4, 0.5) is 5.82 Å². The maximum absolute atomic E-state index is 13.5. The van der Waals surface area contributed by atoms with Crippen molar-refractivity contribution in [2.75, 3.05) is 19.0 Å². The number of hydrogen-bond acceptors (Lipinski definition) is 7. The maximum atomic E-state index is 13.5. The van der Waals surface area contributed by atoms with Gasteiger partial charge in [0.15, 0.2) is 0 Å². The highest BCUT2D eigenvalue weighted by Crippen LogP contribution is 2.21. The fourth-order valence-electron chi connectivity index (χ4n) is 3.78. The number of rotatable bonds is 10. The van der Waals surface area contributed by atoms with Crippen LogP contribution < -0.4 is 10.2 Å². The number of anilines is 1. The lowest BCUT2D eigenvalue weighted by Crippen LogP contribution is -2.30. The highest BCUT2D eigenvalue weighted by molar-refractivity contribution is 7.89. The summed E-state index contributed by atoms with van der Waals surface area (Å²) in [4.78, 5) is 23.3. The van der Waals surface area contributed by atoms with Crippen molar-refractivity contribution < 1.29 is 13.2 Å². The number of nitrogens with one attached hydrogen (secondary N) is 1. The van der Waals surface area contributed by atoms with Crippen molar-refractivity contribution in [1.82, 2.24) is 19.6 Å². The summed E-state index contributed by atoms with van der Waals surface area (Å²) in [6.07, 6.45) is 3.34. The average Bonchev–Trinajstić information content (AvgIpc) is 2.96. The maximum Gasteiger partial charge on any atom is 0.251 e. The largest absolute Gasteiger partial charge is 0.363 e.